The van der Waals surface area contributed by atoms with E-state index < -0.39 is 0 Å². The second kappa shape index (κ2) is 8.02. The van der Waals surface area contributed by atoms with Gasteiger partial charge in [0.05, 0.1) is 16.1 Å². The van der Waals surface area contributed by atoms with Crippen LogP contribution in [-0.2, 0) is 6.42 Å². The van der Waals surface area contributed by atoms with Crippen molar-refractivity contribution in [3.05, 3.63) is 65.0 Å². The molecule has 0 amide bonds. The monoisotopic (exact) mass is 418 g/mol. The van der Waals surface area contributed by atoms with Gasteiger partial charge in [-0.15, -0.1) is 22.7 Å². The van der Waals surface area contributed by atoms with Gasteiger partial charge in [-0.3, -0.25) is 0 Å². The third-order valence-corrected chi connectivity index (χ3v) is 8.28. The molecule has 4 heteroatoms. The van der Waals surface area contributed by atoms with Crippen LogP contribution < -0.4 is 0 Å². The maximum atomic E-state index is 4.95. The van der Waals surface area contributed by atoms with Gasteiger partial charge in [0.25, 0.3) is 0 Å². The van der Waals surface area contributed by atoms with E-state index in [1.54, 1.807) is 0 Å². The maximum absolute atomic E-state index is 4.95. The highest BCUT2D eigenvalue weighted by molar-refractivity contribution is 7.23. The van der Waals surface area contributed by atoms with E-state index >= 15 is 0 Å². The molecular formula is C25H26N2S2. The van der Waals surface area contributed by atoms with Crippen LogP contribution in [0.3, 0.4) is 0 Å². The fourth-order valence-electron chi connectivity index (χ4n) is 4.24. The first-order valence-electron chi connectivity index (χ1n) is 10.5. The molecule has 0 spiro atoms. The quantitative estimate of drug-likeness (QED) is 0.346. The number of aryl methyl sites for hydroxylation is 1. The molecule has 5 rings (SSSR count). The lowest BCUT2D eigenvalue weighted by Crippen LogP contribution is -2.28. The Morgan fingerprint density at radius 3 is 2.59 bits per heavy atom. The molecule has 0 N–H and O–H groups in total. The van der Waals surface area contributed by atoms with Crippen molar-refractivity contribution in [3.63, 3.8) is 0 Å². The topological polar surface area (TPSA) is 16.1 Å². The average Bonchev–Trinajstić information content (AvgIpc) is 3.47. The van der Waals surface area contributed by atoms with Crippen molar-refractivity contribution in [2.75, 3.05) is 13.1 Å². The first kappa shape index (κ1) is 19.0. The predicted octanol–water partition coefficient (Wildman–Crippen LogP) is 7.03. The summed E-state index contributed by atoms with van der Waals surface area (Å²) in [6.45, 7) is 6.94. The van der Waals surface area contributed by atoms with Crippen LogP contribution >= 0.6 is 22.7 Å². The van der Waals surface area contributed by atoms with E-state index in [2.05, 4.69) is 73.3 Å². The van der Waals surface area contributed by atoms with E-state index in [9.17, 15) is 0 Å². The number of likely N-dealkylation sites (tertiary alicyclic amines) is 1. The van der Waals surface area contributed by atoms with E-state index in [1.807, 2.05) is 22.7 Å². The minimum absolute atomic E-state index is 0.744. The number of rotatable bonds is 5. The molecule has 29 heavy (non-hydrogen) atoms. The standard InChI is InChI=1S/C25H26N2S2/c1-17-4-3-14-27(17)15-13-19-6-8-21-20(16-19)7-9-22(26-21)23-11-12-25(29-23)24-10-5-18(2)28-24/h5-12,16-17H,3-4,13-15H2,1-2H3/t17-/m1/s1. The second-order valence-corrected chi connectivity index (χ2v) is 10.4. The van der Waals surface area contributed by atoms with Crippen LogP contribution in [0.5, 0.6) is 0 Å². The predicted molar refractivity (Wildman–Crippen MR) is 127 cm³/mol. The lowest BCUT2D eigenvalue weighted by atomic mass is 10.1. The molecule has 0 radical (unpaired) electrons. The van der Waals surface area contributed by atoms with E-state index in [4.69, 9.17) is 4.98 Å². The van der Waals surface area contributed by atoms with Crippen LogP contribution in [0.2, 0.25) is 0 Å². The molecule has 1 aromatic carbocycles. The molecule has 1 aliphatic rings. The molecule has 148 valence electrons. The van der Waals surface area contributed by atoms with Crippen molar-refractivity contribution < 1.29 is 0 Å². The number of thiophene rings is 2. The molecule has 1 fully saturated rings. The molecule has 2 nitrogen and oxygen atoms in total. The van der Waals surface area contributed by atoms with Gasteiger partial charge < -0.3 is 4.90 Å². The van der Waals surface area contributed by atoms with E-state index in [1.165, 1.54) is 56.4 Å². The summed E-state index contributed by atoms with van der Waals surface area (Å²) in [6.07, 6.45) is 3.82. The molecule has 0 saturated carbocycles. The smallest absolute Gasteiger partial charge is 0.0809 e. The molecule has 4 heterocycles. The minimum atomic E-state index is 0.744. The highest BCUT2D eigenvalue weighted by atomic mass is 32.1. The zero-order valence-corrected chi connectivity index (χ0v) is 18.7. The number of benzene rings is 1. The third-order valence-electron chi connectivity index (χ3n) is 5.97. The zero-order valence-electron chi connectivity index (χ0n) is 17.0. The Hall–Kier alpha value is -2.01. The fraction of sp³-hybridized carbons (Fsp3) is 0.320. The van der Waals surface area contributed by atoms with E-state index in [0.717, 1.165) is 23.7 Å². The maximum Gasteiger partial charge on any atom is 0.0809 e. The fourth-order valence-corrected chi connectivity index (χ4v) is 6.17. The van der Waals surface area contributed by atoms with Crippen molar-refractivity contribution >= 4 is 33.6 Å². The van der Waals surface area contributed by atoms with Gasteiger partial charge >= 0.3 is 0 Å². The molecule has 0 aliphatic carbocycles. The Balaban J connectivity index is 1.35. The average molecular weight is 419 g/mol. The second-order valence-electron chi connectivity index (χ2n) is 8.07. The Kier molecular flexibility index (Phi) is 5.25. The van der Waals surface area contributed by atoms with Gasteiger partial charge in [0.1, 0.15) is 0 Å². The van der Waals surface area contributed by atoms with Crippen molar-refractivity contribution in [2.24, 2.45) is 0 Å². The van der Waals surface area contributed by atoms with Crippen molar-refractivity contribution in [2.45, 2.75) is 39.2 Å². The lowest BCUT2D eigenvalue weighted by molar-refractivity contribution is 0.272. The number of hydrogen-bond acceptors (Lipinski definition) is 4. The number of hydrogen-bond donors (Lipinski definition) is 0. The highest BCUT2D eigenvalue weighted by Crippen LogP contribution is 2.37. The van der Waals surface area contributed by atoms with Crippen LogP contribution in [0.1, 0.15) is 30.2 Å². The van der Waals surface area contributed by atoms with Gasteiger partial charge in [-0.05, 0) is 87.7 Å². The summed E-state index contributed by atoms with van der Waals surface area (Å²) in [4.78, 5) is 12.8. The number of fused-ring (bicyclic) bond motifs is 1. The summed E-state index contributed by atoms with van der Waals surface area (Å²) >= 11 is 3.68. The van der Waals surface area contributed by atoms with E-state index in [0.29, 0.717) is 0 Å². The van der Waals surface area contributed by atoms with Crippen molar-refractivity contribution in [1.29, 1.82) is 0 Å². The zero-order chi connectivity index (χ0) is 19.8. The molecule has 1 aliphatic heterocycles. The molecule has 0 bridgehead atoms. The summed E-state index contributed by atoms with van der Waals surface area (Å²) in [5.74, 6) is 0. The highest BCUT2D eigenvalue weighted by Gasteiger charge is 2.19. The molecule has 1 saturated heterocycles. The van der Waals surface area contributed by atoms with Crippen LogP contribution in [0.15, 0.2) is 54.6 Å². The van der Waals surface area contributed by atoms with Crippen LogP contribution in [0.25, 0.3) is 31.2 Å². The van der Waals surface area contributed by atoms with Gasteiger partial charge in [0.2, 0.25) is 0 Å². The molecular weight excluding hydrogens is 392 g/mol. The largest absolute Gasteiger partial charge is 0.300 e. The Bertz CT molecular complexity index is 1140. The first-order valence-corrected chi connectivity index (χ1v) is 12.1. The van der Waals surface area contributed by atoms with Gasteiger partial charge in [-0.25, -0.2) is 4.98 Å². The number of pyridine rings is 1. The lowest BCUT2D eigenvalue weighted by Gasteiger charge is -2.20. The SMILES string of the molecule is Cc1ccc(-c2ccc(-c3ccc4cc(CCN5CCC[C@H]5C)ccc4n3)s2)s1. The number of aromatic nitrogens is 1. The van der Waals surface area contributed by atoms with Crippen molar-refractivity contribution in [3.8, 4) is 20.3 Å². The Labute approximate surface area is 180 Å². The summed E-state index contributed by atoms with van der Waals surface area (Å²) in [5, 5.41) is 1.24. The van der Waals surface area contributed by atoms with Gasteiger partial charge in [0.15, 0.2) is 0 Å². The van der Waals surface area contributed by atoms with Gasteiger partial charge in [-0.2, -0.15) is 0 Å². The van der Waals surface area contributed by atoms with Crippen molar-refractivity contribution in [1.82, 2.24) is 9.88 Å². The first-order chi connectivity index (χ1) is 14.2. The van der Waals surface area contributed by atoms with E-state index in [-0.39, 0.29) is 0 Å². The Morgan fingerprint density at radius 2 is 1.79 bits per heavy atom. The van der Waals surface area contributed by atoms with Gasteiger partial charge in [-0.1, -0.05) is 12.1 Å². The van der Waals surface area contributed by atoms with Crippen LogP contribution in [-0.4, -0.2) is 29.0 Å². The summed E-state index contributed by atoms with van der Waals surface area (Å²) < 4.78 is 0. The van der Waals surface area contributed by atoms with Crippen LogP contribution in [0, 0.1) is 6.92 Å². The molecule has 4 aromatic rings. The van der Waals surface area contributed by atoms with Crippen LogP contribution in [0.4, 0.5) is 0 Å². The van der Waals surface area contributed by atoms with Gasteiger partial charge in [0, 0.05) is 32.6 Å². The molecule has 1 atom stereocenters. The Morgan fingerprint density at radius 1 is 0.966 bits per heavy atom. The molecule has 3 aromatic heterocycles. The molecule has 0 unspecified atom stereocenters. The summed E-state index contributed by atoms with van der Waals surface area (Å²) in [5.41, 5.74) is 3.57. The minimum Gasteiger partial charge on any atom is -0.300 e. The summed E-state index contributed by atoms with van der Waals surface area (Å²) in [7, 11) is 0. The number of nitrogens with zero attached hydrogens (tertiary/aromatic N) is 2. The summed E-state index contributed by atoms with van der Waals surface area (Å²) in [6, 6.07) is 20.7. The normalized spacial score (nSPS) is 17.4. The third kappa shape index (κ3) is 4.02.